The highest BCUT2D eigenvalue weighted by Crippen LogP contribution is 2.18. The molecule has 0 radical (unpaired) electrons. The number of hydrogen-bond acceptors (Lipinski definition) is 7. The van der Waals surface area contributed by atoms with Gasteiger partial charge in [-0.25, -0.2) is 9.78 Å². The topological polar surface area (TPSA) is 111 Å². The number of ether oxygens (including phenoxy) is 1. The fraction of sp³-hybridized carbons (Fsp3) is 0.0526. The van der Waals surface area contributed by atoms with Crippen molar-refractivity contribution in [1.29, 1.82) is 0 Å². The molecule has 4 aromatic rings. The monoisotopic (exact) mass is 377 g/mol. The van der Waals surface area contributed by atoms with E-state index in [1.165, 1.54) is 12.3 Å². The number of benzene rings is 2. The van der Waals surface area contributed by atoms with Crippen LogP contribution >= 0.6 is 0 Å². The predicted molar refractivity (Wildman–Crippen MR) is 103 cm³/mol. The molecule has 0 saturated carbocycles. The quantitative estimate of drug-likeness (QED) is 0.561. The maximum Gasteiger partial charge on any atom is 0.419 e. The van der Waals surface area contributed by atoms with Gasteiger partial charge in [0, 0.05) is 24.5 Å². The van der Waals surface area contributed by atoms with Crippen LogP contribution in [0.1, 0.15) is 0 Å². The molecule has 0 aliphatic carbocycles. The third-order valence-corrected chi connectivity index (χ3v) is 3.98. The van der Waals surface area contributed by atoms with Crippen LogP contribution in [0.5, 0.6) is 5.95 Å². The van der Waals surface area contributed by atoms with Gasteiger partial charge >= 0.3 is 12.0 Å². The summed E-state index contributed by atoms with van der Waals surface area (Å²) in [5.41, 5.74) is 2.38. The standard InChI is InChI=1S/C19H15N5O4/c1-24-15-5-3-2-4-14(15)23-17(18(24)25)21-12-6-8-13(9-7-12)22-19(26)27-16-10-11-20-28-16/h2-11H,1H3,(H,21,23)(H,22,26). The molecule has 0 spiro atoms. The third kappa shape index (κ3) is 3.54. The van der Waals surface area contributed by atoms with Gasteiger partial charge in [-0.3, -0.25) is 10.1 Å². The third-order valence-electron chi connectivity index (χ3n) is 3.98. The van der Waals surface area contributed by atoms with Crippen LogP contribution in [0.25, 0.3) is 11.0 Å². The molecule has 0 saturated heterocycles. The van der Waals surface area contributed by atoms with E-state index in [2.05, 4.69) is 20.8 Å². The first-order chi connectivity index (χ1) is 13.6. The fourth-order valence-electron chi connectivity index (χ4n) is 2.63. The maximum absolute atomic E-state index is 12.5. The van der Waals surface area contributed by atoms with Crippen LogP contribution in [0.2, 0.25) is 0 Å². The fourth-order valence-corrected chi connectivity index (χ4v) is 2.63. The number of carbonyl (C=O) groups is 1. The van der Waals surface area contributed by atoms with E-state index >= 15 is 0 Å². The number of aryl methyl sites for hydroxylation is 1. The maximum atomic E-state index is 12.5. The second-order valence-corrected chi connectivity index (χ2v) is 5.86. The largest absolute Gasteiger partial charge is 0.419 e. The smallest absolute Gasteiger partial charge is 0.374 e. The first-order valence-corrected chi connectivity index (χ1v) is 8.32. The predicted octanol–water partition coefficient (Wildman–Crippen LogP) is 3.28. The van der Waals surface area contributed by atoms with E-state index in [9.17, 15) is 9.59 Å². The highest BCUT2D eigenvalue weighted by molar-refractivity contribution is 5.86. The Bertz CT molecular complexity index is 1180. The Labute approximate surface area is 158 Å². The zero-order valence-electron chi connectivity index (χ0n) is 14.7. The van der Waals surface area contributed by atoms with Gasteiger partial charge in [-0.2, -0.15) is 0 Å². The Kier molecular flexibility index (Phi) is 4.47. The highest BCUT2D eigenvalue weighted by atomic mass is 16.7. The molecule has 2 aromatic heterocycles. The number of para-hydroxylation sites is 2. The van der Waals surface area contributed by atoms with E-state index in [-0.39, 0.29) is 17.3 Å². The van der Waals surface area contributed by atoms with Gasteiger partial charge in [-0.1, -0.05) is 17.3 Å². The van der Waals surface area contributed by atoms with Gasteiger partial charge in [-0.05, 0) is 36.4 Å². The lowest BCUT2D eigenvalue weighted by molar-refractivity contribution is 0.194. The van der Waals surface area contributed by atoms with E-state index in [0.29, 0.717) is 16.9 Å². The van der Waals surface area contributed by atoms with Crippen LogP contribution in [0, 0.1) is 0 Å². The molecule has 9 heteroatoms. The lowest BCUT2D eigenvalue weighted by Gasteiger charge is -2.10. The zero-order chi connectivity index (χ0) is 19.5. The van der Waals surface area contributed by atoms with E-state index in [1.54, 1.807) is 35.9 Å². The van der Waals surface area contributed by atoms with Crippen LogP contribution in [0.15, 0.2) is 70.1 Å². The Morgan fingerprint density at radius 1 is 1.07 bits per heavy atom. The Hall–Kier alpha value is -4.14. The van der Waals surface area contributed by atoms with Gasteiger partial charge in [0.15, 0.2) is 5.82 Å². The van der Waals surface area contributed by atoms with E-state index in [1.807, 2.05) is 24.3 Å². The molecule has 4 rings (SSSR count). The Balaban J connectivity index is 1.49. The number of rotatable bonds is 4. The number of aromatic nitrogens is 3. The molecule has 9 nitrogen and oxygen atoms in total. The molecule has 28 heavy (non-hydrogen) atoms. The molecular formula is C19H15N5O4. The molecule has 2 aromatic carbocycles. The van der Waals surface area contributed by atoms with E-state index in [4.69, 9.17) is 9.26 Å². The lowest BCUT2D eigenvalue weighted by atomic mass is 10.2. The summed E-state index contributed by atoms with van der Waals surface area (Å²) in [5.74, 6) is 0.209. The summed E-state index contributed by atoms with van der Waals surface area (Å²) in [6.07, 6.45) is 0.663. The minimum Gasteiger partial charge on any atom is -0.374 e. The molecule has 0 atom stereocenters. The lowest BCUT2D eigenvalue weighted by Crippen LogP contribution is -2.21. The van der Waals surface area contributed by atoms with E-state index < -0.39 is 6.09 Å². The van der Waals surface area contributed by atoms with Crippen LogP contribution in [-0.2, 0) is 7.05 Å². The van der Waals surface area contributed by atoms with Crippen molar-refractivity contribution in [2.45, 2.75) is 0 Å². The molecule has 0 aliphatic heterocycles. The highest BCUT2D eigenvalue weighted by Gasteiger charge is 2.10. The second-order valence-electron chi connectivity index (χ2n) is 5.86. The second kappa shape index (κ2) is 7.23. The van der Waals surface area contributed by atoms with Gasteiger partial charge in [0.05, 0.1) is 17.2 Å². The number of amides is 1. The zero-order valence-corrected chi connectivity index (χ0v) is 14.7. The van der Waals surface area contributed by atoms with Crippen molar-refractivity contribution in [2.75, 3.05) is 10.6 Å². The summed E-state index contributed by atoms with van der Waals surface area (Å²) in [4.78, 5) is 28.7. The first-order valence-electron chi connectivity index (χ1n) is 8.32. The van der Waals surface area contributed by atoms with Crippen molar-refractivity contribution in [3.8, 4) is 5.95 Å². The van der Waals surface area contributed by atoms with Gasteiger partial charge in [-0.15, -0.1) is 0 Å². The van der Waals surface area contributed by atoms with Gasteiger partial charge < -0.3 is 19.1 Å². The summed E-state index contributed by atoms with van der Waals surface area (Å²) in [7, 11) is 1.70. The molecule has 1 amide bonds. The normalized spacial score (nSPS) is 10.6. The van der Waals surface area contributed by atoms with Crippen molar-refractivity contribution in [3.63, 3.8) is 0 Å². The number of nitrogens with one attached hydrogen (secondary N) is 2. The molecule has 0 aliphatic rings. The summed E-state index contributed by atoms with van der Waals surface area (Å²) >= 11 is 0. The van der Waals surface area contributed by atoms with Crippen molar-refractivity contribution in [2.24, 2.45) is 7.05 Å². The Morgan fingerprint density at radius 2 is 1.82 bits per heavy atom. The minimum absolute atomic E-state index is 0.00555. The number of carbonyl (C=O) groups excluding carboxylic acids is 1. The average molecular weight is 377 g/mol. The van der Waals surface area contributed by atoms with E-state index in [0.717, 1.165) is 5.52 Å². The summed E-state index contributed by atoms with van der Waals surface area (Å²) in [6, 6.07) is 15.6. The Morgan fingerprint density at radius 3 is 2.57 bits per heavy atom. The molecule has 0 fully saturated rings. The SMILES string of the molecule is Cn1c(=O)c(Nc2ccc(NC(=O)Oc3ccno3)cc2)nc2ccccc21. The first kappa shape index (κ1) is 17.3. The van der Waals surface area contributed by atoms with Crippen LogP contribution in [-0.4, -0.2) is 20.8 Å². The van der Waals surface area contributed by atoms with Crippen molar-refractivity contribution >= 4 is 34.3 Å². The van der Waals surface area contributed by atoms with Gasteiger partial charge in [0.25, 0.3) is 5.56 Å². The minimum atomic E-state index is -0.706. The summed E-state index contributed by atoms with van der Waals surface area (Å²) < 4.78 is 11.1. The van der Waals surface area contributed by atoms with Gasteiger partial charge in [0.2, 0.25) is 0 Å². The molecule has 2 heterocycles. The molecule has 0 bridgehead atoms. The number of hydrogen-bond donors (Lipinski definition) is 2. The molecule has 140 valence electrons. The van der Waals surface area contributed by atoms with Crippen molar-refractivity contribution in [3.05, 3.63) is 71.1 Å². The summed E-state index contributed by atoms with van der Waals surface area (Å²) in [5, 5.41) is 9.01. The molecular weight excluding hydrogens is 362 g/mol. The summed E-state index contributed by atoms with van der Waals surface area (Å²) in [6.45, 7) is 0. The average Bonchev–Trinajstić information content (AvgIpc) is 3.20. The van der Waals surface area contributed by atoms with Gasteiger partial charge in [0.1, 0.15) is 0 Å². The molecule has 0 unspecified atom stereocenters. The van der Waals surface area contributed by atoms with Crippen molar-refractivity contribution < 1.29 is 14.1 Å². The van der Waals surface area contributed by atoms with Crippen molar-refractivity contribution in [1.82, 2.24) is 14.7 Å². The van der Waals surface area contributed by atoms with Crippen LogP contribution < -0.4 is 20.9 Å². The molecule has 2 N–H and O–H groups in total. The van der Waals surface area contributed by atoms with Crippen LogP contribution in [0.3, 0.4) is 0 Å². The number of anilines is 3. The number of fused-ring (bicyclic) bond motifs is 1. The van der Waals surface area contributed by atoms with Crippen LogP contribution in [0.4, 0.5) is 22.0 Å². The number of nitrogens with zero attached hydrogens (tertiary/aromatic N) is 3.